The molecule has 2 rings (SSSR count). The van der Waals surface area contributed by atoms with Crippen molar-refractivity contribution in [2.45, 2.75) is 23.6 Å². The molecule has 8 heteroatoms. The average Bonchev–Trinajstić information content (AvgIpc) is 3.02. The Kier molecular flexibility index (Phi) is 6.17. The third kappa shape index (κ3) is 5.31. The zero-order valence-electron chi connectivity index (χ0n) is 12.5. The van der Waals surface area contributed by atoms with Crippen molar-refractivity contribution in [3.8, 4) is 0 Å². The summed E-state index contributed by atoms with van der Waals surface area (Å²) in [6, 6.07) is 9.67. The molecule has 124 valence electrons. The van der Waals surface area contributed by atoms with Gasteiger partial charge < -0.3 is 5.32 Å². The van der Waals surface area contributed by atoms with Crippen LogP contribution in [0.3, 0.4) is 0 Å². The fraction of sp³-hybridized carbons (Fsp3) is 0.267. The van der Waals surface area contributed by atoms with Crippen LogP contribution in [0, 0.1) is 0 Å². The predicted molar refractivity (Wildman–Crippen MR) is 92.3 cm³/mol. The van der Waals surface area contributed by atoms with Gasteiger partial charge in [-0.15, -0.1) is 11.3 Å². The molecule has 0 aliphatic heterocycles. The zero-order chi connectivity index (χ0) is 16.9. The normalized spacial score (nSPS) is 12.8. The highest BCUT2D eigenvalue weighted by Gasteiger charge is 2.22. The Labute approximate surface area is 144 Å². The van der Waals surface area contributed by atoms with Gasteiger partial charge in [0.25, 0.3) is 10.0 Å². The van der Waals surface area contributed by atoms with E-state index in [1.807, 2.05) is 18.2 Å². The van der Waals surface area contributed by atoms with Crippen LogP contribution < -0.4 is 10.0 Å². The van der Waals surface area contributed by atoms with Gasteiger partial charge in [0, 0.05) is 11.6 Å². The van der Waals surface area contributed by atoms with Crippen LogP contribution >= 0.6 is 22.9 Å². The number of carbonyl (C=O) groups is 1. The molecule has 1 aromatic heterocycles. The Morgan fingerprint density at radius 2 is 2.09 bits per heavy atom. The van der Waals surface area contributed by atoms with Crippen LogP contribution in [-0.4, -0.2) is 26.9 Å². The molecule has 0 spiro atoms. The molecule has 0 radical (unpaired) electrons. The van der Waals surface area contributed by atoms with Crippen LogP contribution in [-0.2, 0) is 21.2 Å². The highest BCUT2D eigenvalue weighted by atomic mass is 35.5. The first-order valence-electron chi connectivity index (χ1n) is 6.96. The number of hydrogen-bond acceptors (Lipinski definition) is 4. The Hall–Kier alpha value is -1.41. The maximum atomic E-state index is 12.0. The van der Waals surface area contributed by atoms with Gasteiger partial charge in [0.15, 0.2) is 0 Å². The van der Waals surface area contributed by atoms with E-state index in [4.69, 9.17) is 11.6 Å². The number of amides is 1. The van der Waals surface area contributed by atoms with E-state index in [1.165, 1.54) is 13.0 Å². The molecule has 0 saturated carbocycles. The predicted octanol–water partition coefficient (Wildman–Crippen LogP) is 2.43. The summed E-state index contributed by atoms with van der Waals surface area (Å²) < 4.78 is 26.6. The minimum atomic E-state index is -3.65. The van der Waals surface area contributed by atoms with Crippen molar-refractivity contribution in [3.63, 3.8) is 0 Å². The number of hydrogen-bond donors (Lipinski definition) is 2. The summed E-state index contributed by atoms with van der Waals surface area (Å²) in [5.41, 5.74) is 1.00. The summed E-state index contributed by atoms with van der Waals surface area (Å²) in [7, 11) is -3.65. The van der Waals surface area contributed by atoms with Crippen LogP contribution in [0.25, 0.3) is 0 Å². The van der Waals surface area contributed by atoms with Crippen molar-refractivity contribution in [1.29, 1.82) is 0 Å². The lowest BCUT2D eigenvalue weighted by Gasteiger charge is -2.13. The molecule has 1 aromatic carbocycles. The van der Waals surface area contributed by atoms with Gasteiger partial charge in [0.1, 0.15) is 4.21 Å². The van der Waals surface area contributed by atoms with Crippen LogP contribution in [0.5, 0.6) is 0 Å². The molecule has 2 N–H and O–H groups in total. The van der Waals surface area contributed by atoms with E-state index in [9.17, 15) is 13.2 Å². The summed E-state index contributed by atoms with van der Waals surface area (Å²) in [6.45, 7) is 1.92. The smallest absolute Gasteiger partial charge is 0.250 e. The molecule has 0 aliphatic carbocycles. The molecule has 0 unspecified atom stereocenters. The van der Waals surface area contributed by atoms with Gasteiger partial charge in [-0.05, 0) is 42.5 Å². The number of rotatable bonds is 7. The van der Waals surface area contributed by atoms with Crippen molar-refractivity contribution in [2.75, 3.05) is 6.54 Å². The lowest BCUT2D eigenvalue weighted by atomic mass is 10.1. The molecule has 0 bridgehead atoms. The van der Waals surface area contributed by atoms with Gasteiger partial charge in [0.2, 0.25) is 5.91 Å². The second-order valence-corrected chi connectivity index (χ2v) is 8.27. The quantitative estimate of drug-likeness (QED) is 0.783. The lowest BCUT2D eigenvalue weighted by molar-refractivity contribution is -0.122. The average molecular weight is 373 g/mol. The molecule has 0 fully saturated rings. The van der Waals surface area contributed by atoms with Gasteiger partial charge >= 0.3 is 0 Å². The Morgan fingerprint density at radius 3 is 2.74 bits per heavy atom. The molecule has 2 aromatic rings. The van der Waals surface area contributed by atoms with Crippen LogP contribution in [0.4, 0.5) is 0 Å². The van der Waals surface area contributed by atoms with Gasteiger partial charge in [0.05, 0.1) is 6.04 Å². The molecule has 1 amide bonds. The number of carbonyl (C=O) groups excluding carboxylic acids is 1. The number of nitrogens with one attached hydrogen (secondary N) is 2. The Morgan fingerprint density at radius 1 is 1.30 bits per heavy atom. The monoisotopic (exact) mass is 372 g/mol. The molecule has 1 atom stereocenters. The van der Waals surface area contributed by atoms with Gasteiger partial charge in [-0.3, -0.25) is 4.79 Å². The van der Waals surface area contributed by atoms with Gasteiger partial charge in [-0.1, -0.05) is 29.8 Å². The summed E-state index contributed by atoms with van der Waals surface area (Å²) in [5.74, 6) is -0.368. The highest BCUT2D eigenvalue weighted by molar-refractivity contribution is 7.91. The van der Waals surface area contributed by atoms with E-state index in [0.29, 0.717) is 18.0 Å². The fourth-order valence-electron chi connectivity index (χ4n) is 1.94. The van der Waals surface area contributed by atoms with Crippen LogP contribution in [0.2, 0.25) is 5.02 Å². The molecular formula is C15H17ClN2O3S2. The maximum Gasteiger partial charge on any atom is 0.250 e. The molecule has 23 heavy (non-hydrogen) atoms. The first kappa shape index (κ1) is 17.9. The number of thiophene rings is 1. The minimum Gasteiger partial charge on any atom is -0.354 e. The van der Waals surface area contributed by atoms with E-state index in [1.54, 1.807) is 17.5 Å². The van der Waals surface area contributed by atoms with E-state index in [0.717, 1.165) is 16.9 Å². The second kappa shape index (κ2) is 7.92. The van der Waals surface area contributed by atoms with E-state index in [2.05, 4.69) is 10.0 Å². The third-order valence-electron chi connectivity index (χ3n) is 3.09. The molecule has 0 saturated heterocycles. The van der Waals surface area contributed by atoms with Crippen molar-refractivity contribution >= 4 is 38.9 Å². The molecule has 1 heterocycles. The molecular weight excluding hydrogens is 356 g/mol. The third-order valence-corrected chi connectivity index (χ3v) is 6.26. The van der Waals surface area contributed by atoms with E-state index >= 15 is 0 Å². The van der Waals surface area contributed by atoms with Crippen LogP contribution in [0.15, 0.2) is 46.0 Å². The minimum absolute atomic E-state index is 0.191. The van der Waals surface area contributed by atoms with Crippen molar-refractivity contribution in [1.82, 2.24) is 10.0 Å². The number of halogens is 1. The number of sulfonamides is 1. The first-order chi connectivity index (χ1) is 10.9. The van der Waals surface area contributed by atoms with Gasteiger partial charge in [-0.2, -0.15) is 4.72 Å². The van der Waals surface area contributed by atoms with Crippen molar-refractivity contribution in [2.24, 2.45) is 0 Å². The maximum absolute atomic E-state index is 12.0. The largest absolute Gasteiger partial charge is 0.354 e. The van der Waals surface area contributed by atoms with Crippen molar-refractivity contribution < 1.29 is 13.2 Å². The molecule has 0 aliphatic rings. The van der Waals surface area contributed by atoms with E-state index < -0.39 is 16.1 Å². The Bertz CT molecular complexity index is 761. The SMILES string of the molecule is C[C@H](NS(=O)(=O)c1cccs1)C(=O)NCCc1cccc(Cl)c1. The summed E-state index contributed by atoms with van der Waals surface area (Å²) in [4.78, 5) is 12.0. The van der Waals surface area contributed by atoms with E-state index in [-0.39, 0.29) is 10.1 Å². The van der Waals surface area contributed by atoms with Gasteiger partial charge in [-0.25, -0.2) is 8.42 Å². The topological polar surface area (TPSA) is 75.3 Å². The highest BCUT2D eigenvalue weighted by Crippen LogP contribution is 2.15. The molecule has 5 nitrogen and oxygen atoms in total. The number of benzene rings is 1. The zero-order valence-corrected chi connectivity index (χ0v) is 14.8. The summed E-state index contributed by atoms with van der Waals surface area (Å²) >= 11 is 7.00. The summed E-state index contributed by atoms with van der Waals surface area (Å²) in [5, 5.41) is 5.03. The standard InChI is InChI=1S/C15H17ClN2O3S2/c1-11(18-23(20,21)14-6-3-9-22-14)15(19)17-8-7-12-4-2-5-13(16)10-12/h2-6,9-11,18H,7-8H2,1H3,(H,17,19)/t11-/m0/s1. The van der Waals surface area contributed by atoms with Crippen LogP contribution in [0.1, 0.15) is 12.5 Å². The second-order valence-electron chi connectivity index (χ2n) is 4.95. The fourth-order valence-corrected chi connectivity index (χ4v) is 4.36. The van der Waals surface area contributed by atoms with Crippen molar-refractivity contribution in [3.05, 3.63) is 52.4 Å². The Balaban J connectivity index is 1.83. The lowest BCUT2D eigenvalue weighted by Crippen LogP contribution is -2.45. The first-order valence-corrected chi connectivity index (χ1v) is 9.70. The summed E-state index contributed by atoms with van der Waals surface area (Å²) in [6.07, 6.45) is 0.622.